The van der Waals surface area contributed by atoms with Crippen LogP contribution in [-0.4, -0.2) is 25.5 Å². The van der Waals surface area contributed by atoms with Gasteiger partial charge in [-0.25, -0.2) is 6.57 Å². The number of hydrogen-bond acceptors (Lipinski definition) is 1. The Labute approximate surface area is 86.0 Å². The van der Waals surface area contributed by atoms with E-state index in [1.807, 2.05) is 14.1 Å². The van der Waals surface area contributed by atoms with Crippen LogP contribution in [0.25, 0.3) is 4.85 Å². The van der Waals surface area contributed by atoms with Gasteiger partial charge in [0.05, 0.1) is 0 Å². The van der Waals surface area contributed by atoms with Gasteiger partial charge >= 0.3 is 0 Å². The van der Waals surface area contributed by atoms with Crippen LogP contribution in [0.1, 0.15) is 17.2 Å². The summed E-state index contributed by atoms with van der Waals surface area (Å²) in [5.41, 5.74) is 2.48. The summed E-state index contributed by atoms with van der Waals surface area (Å²) in [6, 6.07) is 8.61. The van der Waals surface area contributed by atoms with Crippen molar-refractivity contribution in [2.45, 2.75) is 13.0 Å². The van der Waals surface area contributed by atoms with Crippen molar-refractivity contribution >= 4 is 0 Å². The van der Waals surface area contributed by atoms with E-state index in [1.54, 1.807) is 0 Å². The van der Waals surface area contributed by atoms with Crippen LogP contribution in [-0.2, 0) is 0 Å². The van der Waals surface area contributed by atoms with E-state index in [2.05, 4.69) is 40.9 Å². The molecule has 1 aromatic rings. The van der Waals surface area contributed by atoms with Gasteiger partial charge in [-0.05, 0) is 26.6 Å². The summed E-state index contributed by atoms with van der Waals surface area (Å²) in [6.07, 6.45) is 0. The Hall–Kier alpha value is -1.33. The molecule has 1 aromatic carbocycles. The highest BCUT2D eigenvalue weighted by Crippen LogP contribution is 2.18. The van der Waals surface area contributed by atoms with Gasteiger partial charge in [-0.3, -0.25) is 4.90 Å². The van der Waals surface area contributed by atoms with Gasteiger partial charge in [0.15, 0.2) is 0 Å². The van der Waals surface area contributed by atoms with Crippen LogP contribution in [0.3, 0.4) is 0 Å². The SMILES string of the molecule is [C-]#[N+]CC(c1ccc(C)cc1)N(C)C. The molecule has 1 rings (SSSR count). The standard InChI is InChI=1S/C12H16N2/c1-10-5-7-11(8-6-10)12(9-13-2)14(3)4/h5-8,12H,9H2,1,3-4H3. The Morgan fingerprint density at radius 1 is 1.29 bits per heavy atom. The smallest absolute Gasteiger partial charge is 0.234 e. The number of hydrogen-bond donors (Lipinski definition) is 0. The van der Waals surface area contributed by atoms with Crippen molar-refractivity contribution in [3.05, 3.63) is 46.8 Å². The molecule has 0 bridgehead atoms. The van der Waals surface area contributed by atoms with Crippen LogP contribution in [0.15, 0.2) is 24.3 Å². The predicted molar refractivity (Wildman–Crippen MR) is 59.1 cm³/mol. The molecule has 0 heterocycles. The van der Waals surface area contributed by atoms with E-state index in [1.165, 1.54) is 11.1 Å². The van der Waals surface area contributed by atoms with Gasteiger partial charge in [0.1, 0.15) is 6.04 Å². The molecule has 2 heteroatoms. The Balaban J connectivity index is 2.89. The first-order chi connectivity index (χ1) is 6.65. The molecule has 2 nitrogen and oxygen atoms in total. The summed E-state index contributed by atoms with van der Waals surface area (Å²) >= 11 is 0. The molecule has 0 aliphatic heterocycles. The van der Waals surface area contributed by atoms with E-state index in [9.17, 15) is 0 Å². The number of benzene rings is 1. The highest BCUT2D eigenvalue weighted by molar-refractivity contribution is 5.24. The fourth-order valence-corrected chi connectivity index (χ4v) is 1.44. The lowest BCUT2D eigenvalue weighted by atomic mass is 10.0. The van der Waals surface area contributed by atoms with Crippen LogP contribution < -0.4 is 0 Å². The zero-order valence-corrected chi connectivity index (χ0v) is 8.99. The van der Waals surface area contributed by atoms with Crippen LogP contribution >= 0.6 is 0 Å². The maximum absolute atomic E-state index is 6.92. The molecule has 0 fully saturated rings. The first-order valence-electron chi connectivity index (χ1n) is 4.71. The molecule has 0 aromatic heterocycles. The fraction of sp³-hybridized carbons (Fsp3) is 0.417. The van der Waals surface area contributed by atoms with E-state index < -0.39 is 0 Å². The minimum absolute atomic E-state index is 0.216. The second-order valence-corrected chi connectivity index (χ2v) is 3.73. The minimum atomic E-state index is 0.216. The predicted octanol–water partition coefficient (Wildman–Crippen LogP) is 2.52. The van der Waals surface area contributed by atoms with E-state index >= 15 is 0 Å². The molecule has 74 valence electrons. The monoisotopic (exact) mass is 188 g/mol. The maximum atomic E-state index is 6.92. The molecule has 1 unspecified atom stereocenters. The topological polar surface area (TPSA) is 7.60 Å². The van der Waals surface area contributed by atoms with Crippen molar-refractivity contribution in [1.82, 2.24) is 4.90 Å². The number of likely N-dealkylation sites (N-methyl/N-ethyl adjacent to an activating group) is 1. The quantitative estimate of drug-likeness (QED) is 0.661. The Morgan fingerprint density at radius 3 is 2.29 bits per heavy atom. The van der Waals surface area contributed by atoms with Gasteiger partial charge in [-0.15, -0.1) is 0 Å². The van der Waals surface area contributed by atoms with Crippen molar-refractivity contribution in [3.8, 4) is 0 Å². The van der Waals surface area contributed by atoms with E-state index in [0.717, 1.165) is 0 Å². The third-order valence-corrected chi connectivity index (χ3v) is 2.35. The lowest BCUT2D eigenvalue weighted by Crippen LogP contribution is -2.21. The van der Waals surface area contributed by atoms with Gasteiger partial charge in [-0.2, -0.15) is 0 Å². The second-order valence-electron chi connectivity index (χ2n) is 3.73. The minimum Gasteiger partial charge on any atom is -0.315 e. The molecule has 0 saturated heterocycles. The Kier molecular flexibility index (Phi) is 3.67. The number of nitrogens with zero attached hydrogens (tertiary/aromatic N) is 2. The number of aryl methyl sites for hydroxylation is 1. The molecule has 0 aliphatic rings. The Bertz CT molecular complexity index is 319. The highest BCUT2D eigenvalue weighted by atomic mass is 15.1. The summed E-state index contributed by atoms with van der Waals surface area (Å²) in [4.78, 5) is 5.55. The summed E-state index contributed by atoms with van der Waals surface area (Å²) in [6.45, 7) is 9.51. The van der Waals surface area contributed by atoms with Gasteiger partial charge in [-0.1, -0.05) is 29.8 Å². The van der Waals surface area contributed by atoms with Crippen molar-refractivity contribution in [2.24, 2.45) is 0 Å². The Morgan fingerprint density at radius 2 is 1.86 bits per heavy atom. The van der Waals surface area contributed by atoms with Gasteiger partial charge in [0.25, 0.3) is 0 Å². The fourth-order valence-electron chi connectivity index (χ4n) is 1.44. The van der Waals surface area contributed by atoms with Crippen LogP contribution in [0.4, 0.5) is 0 Å². The lowest BCUT2D eigenvalue weighted by molar-refractivity contribution is 0.316. The lowest BCUT2D eigenvalue weighted by Gasteiger charge is -2.19. The molecule has 0 amide bonds. The average molecular weight is 188 g/mol. The van der Waals surface area contributed by atoms with E-state index in [4.69, 9.17) is 6.57 Å². The molecule has 0 N–H and O–H groups in total. The first kappa shape index (κ1) is 10.7. The van der Waals surface area contributed by atoms with Gasteiger partial charge < -0.3 is 4.85 Å². The number of rotatable bonds is 3. The van der Waals surface area contributed by atoms with Crippen LogP contribution in [0.2, 0.25) is 0 Å². The van der Waals surface area contributed by atoms with Crippen molar-refractivity contribution < 1.29 is 0 Å². The largest absolute Gasteiger partial charge is 0.315 e. The van der Waals surface area contributed by atoms with E-state index in [-0.39, 0.29) is 6.04 Å². The van der Waals surface area contributed by atoms with Crippen LogP contribution in [0.5, 0.6) is 0 Å². The van der Waals surface area contributed by atoms with Crippen molar-refractivity contribution in [1.29, 1.82) is 0 Å². The zero-order chi connectivity index (χ0) is 10.6. The second kappa shape index (κ2) is 4.78. The highest BCUT2D eigenvalue weighted by Gasteiger charge is 2.16. The van der Waals surface area contributed by atoms with Crippen molar-refractivity contribution in [2.75, 3.05) is 20.6 Å². The molecule has 0 spiro atoms. The van der Waals surface area contributed by atoms with Gasteiger partial charge in [0.2, 0.25) is 6.54 Å². The molecule has 14 heavy (non-hydrogen) atoms. The maximum Gasteiger partial charge on any atom is 0.234 e. The molecule has 1 atom stereocenters. The normalized spacial score (nSPS) is 12.5. The average Bonchev–Trinajstić information content (AvgIpc) is 2.15. The third-order valence-electron chi connectivity index (χ3n) is 2.35. The molecule has 0 saturated carbocycles. The summed E-state index contributed by atoms with van der Waals surface area (Å²) in [7, 11) is 4.02. The summed E-state index contributed by atoms with van der Waals surface area (Å²) in [5, 5.41) is 0. The first-order valence-corrected chi connectivity index (χ1v) is 4.71. The molecule has 0 radical (unpaired) electrons. The molecular weight excluding hydrogens is 172 g/mol. The van der Waals surface area contributed by atoms with E-state index in [0.29, 0.717) is 6.54 Å². The van der Waals surface area contributed by atoms with Crippen molar-refractivity contribution in [3.63, 3.8) is 0 Å². The molecular formula is C12H16N2. The summed E-state index contributed by atoms with van der Waals surface area (Å²) in [5.74, 6) is 0. The summed E-state index contributed by atoms with van der Waals surface area (Å²) < 4.78 is 0. The molecule has 0 aliphatic carbocycles. The van der Waals surface area contributed by atoms with Crippen LogP contribution in [0, 0.1) is 13.5 Å². The zero-order valence-electron chi connectivity index (χ0n) is 8.99. The third kappa shape index (κ3) is 2.58. The van der Waals surface area contributed by atoms with Gasteiger partial charge in [0, 0.05) is 0 Å².